The van der Waals surface area contributed by atoms with E-state index in [1.54, 1.807) is 18.2 Å². The standard InChI is InChI=1S/C23H20Cl2F3N3O5S/c24-13-2-1-12(7-14(13)25)37-10-18(36-4-3-20(33)34)22(23(35)19(37)9-32)31-8-17(29-30-31)11-5-15(26)21(28)16(27)6-11/h1-8,18-19,22-23,32,35,37H,9-10H2,(H,33,34)/b4-3+/t18-,19+,22+,23-/m0/s1. The van der Waals surface area contributed by atoms with Crippen molar-refractivity contribution in [3.8, 4) is 11.3 Å². The molecule has 2 aromatic carbocycles. The molecular formula is C23H20Cl2F3N3O5S. The Morgan fingerprint density at radius 2 is 1.89 bits per heavy atom. The molecule has 14 heteroatoms. The summed E-state index contributed by atoms with van der Waals surface area (Å²) in [6.45, 7) is -0.406. The van der Waals surface area contributed by atoms with Crippen molar-refractivity contribution in [1.29, 1.82) is 0 Å². The number of benzene rings is 2. The number of carboxylic acids is 1. The molecule has 1 aromatic heterocycles. The van der Waals surface area contributed by atoms with Gasteiger partial charge < -0.3 is 20.1 Å². The molecule has 198 valence electrons. The quantitative estimate of drug-likeness (QED) is 0.145. The van der Waals surface area contributed by atoms with Gasteiger partial charge in [-0.1, -0.05) is 28.4 Å². The van der Waals surface area contributed by atoms with Crippen LogP contribution in [-0.4, -0.2) is 66.1 Å². The monoisotopic (exact) mass is 577 g/mol. The van der Waals surface area contributed by atoms with Crippen LogP contribution in [0.1, 0.15) is 6.04 Å². The minimum Gasteiger partial charge on any atom is -0.495 e. The Labute approximate surface area is 221 Å². The average molecular weight is 578 g/mol. The number of halogens is 5. The van der Waals surface area contributed by atoms with E-state index in [2.05, 4.69) is 10.3 Å². The van der Waals surface area contributed by atoms with E-state index in [1.165, 1.54) is 10.9 Å². The van der Waals surface area contributed by atoms with Crippen LogP contribution in [0, 0.1) is 17.5 Å². The van der Waals surface area contributed by atoms with Crippen molar-refractivity contribution in [3.63, 3.8) is 0 Å². The molecule has 1 fully saturated rings. The van der Waals surface area contributed by atoms with Crippen molar-refractivity contribution >= 4 is 40.1 Å². The molecule has 0 saturated carbocycles. The van der Waals surface area contributed by atoms with Crippen LogP contribution in [0.25, 0.3) is 11.3 Å². The van der Waals surface area contributed by atoms with E-state index in [-0.39, 0.29) is 22.0 Å². The molecule has 1 aliphatic heterocycles. The van der Waals surface area contributed by atoms with E-state index < -0.39 is 64.4 Å². The molecule has 0 amide bonds. The van der Waals surface area contributed by atoms with Gasteiger partial charge in [0.15, 0.2) is 17.5 Å². The van der Waals surface area contributed by atoms with Crippen LogP contribution in [0.15, 0.2) is 53.8 Å². The molecule has 1 aliphatic rings. The lowest BCUT2D eigenvalue weighted by atomic mass is 10.0. The Kier molecular flexibility index (Phi) is 8.34. The molecule has 0 aliphatic carbocycles. The van der Waals surface area contributed by atoms with Crippen molar-refractivity contribution in [2.75, 3.05) is 12.4 Å². The smallest absolute Gasteiger partial charge is 0.331 e. The molecule has 3 aromatic rings. The number of rotatable bonds is 7. The number of aliphatic hydroxyl groups is 2. The maximum Gasteiger partial charge on any atom is 0.331 e. The van der Waals surface area contributed by atoms with Crippen LogP contribution in [0.3, 0.4) is 0 Å². The number of nitrogens with zero attached hydrogens (tertiary/aromatic N) is 3. The number of carboxylic acid groups (broad SMARTS) is 1. The van der Waals surface area contributed by atoms with Gasteiger partial charge in [-0.2, -0.15) is 0 Å². The third kappa shape index (κ3) is 5.73. The Hall–Kier alpha value is -2.77. The fraction of sp³-hybridized carbons (Fsp3) is 0.261. The maximum atomic E-state index is 13.7. The van der Waals surface area contributed by atoms with Crippen molar-refractivity contribution in [1.82, 2.24) is 15.0 Å². The number of hydrogen-bond donors (Lipinski definition) is 4. The highest BCUT2D eigenvalue weighted by atomic mass is 35.5. The summed E-state index contributed by atoms with van der Waals surface area (Å²) in [7, 11) is -1.29. The summed E-state index contributed by atoms with van der Waals surface area (Å²) in [4.78, 5) is 11.7. The summed E-state index contributed by atoms with van der Waals surface area (Å²) >= 11 is 12.2. The van der Waals surface area contributed by atoms with Crippen LogP contribution in [0.4, 0.5) is 13.2 Å². The summed E-state index contributed by atoms with van der Waals surface area (Å²) in [5.41, 5.74) is -0.101. The van der Waals surface area contributed by atoms with Gasteiger partial charge >= 0.3 is 5.97 Å². The molecule has 0 radical (unpaired) electrons. The van der Waals surface area contributed by atoms with Gasteiger partial charge in [-0.05, 0) is 35.2 Å². The maximum absolute atomic E-state index is 13.7. The van der Waals surface area contributed by atoms with Crippen molar-refractivity contribution in [2.45, 2.75) is 28.4 Å². The van der Waals surface area contributed by atoms with Gasteiger partial charge in [0.2, 0.25) is 0 Å². The van der Waals surface area contributed by atoms with Crippen molar-refractivity contribution in [3.05, 3.63) is 76.4 Å². The summed E-state index contributed by atoms with van der Waals surface area (Å²) in [5, 5.41) is 38.3. The molecule has 4 rings (SSSR count). The topological polar surface area (TPSA) is 118 Å². The summed E-state index contributed by atoms with van der Waals surface area (Å²) < 4.78 is 47.8. The first-order valence-electron chi connectivity index (χ1n) is 10.7. The molecule has 1 unspecified atom stereocenters. The van der Waals surface area contributed by atoms with E-state index in [1.807, 2.05) is 0 Å². The first kappa shape index (κ1) is 27.3. The van der Waals surface area contributed by atoms with Gasteiger partial charge in [-0.15, -0.1) is 5.10 Å². The van der Waals surface area contributed by atoms with E-state index in [0.717, 1.165) is 29.4 Å². The van der Waals surface area contributed by atoms with Crippen LogP contribution in [0.2, 0.25) is 10.0 Å². The van der Waals surface area contributed by atoms with Crippen LogP contribution < -0.4 is 0 Å². The fourth-order valence-electron chi connectivity index (χ4n) is 4.14. The molecule has 1 saturated heterocycles. The highest BCUT2D eigenvalue weighted by Crippen LogP contribution is 2.51. The van der Waals surface area contributed by atoms with Crippen molar-refractivity contribution in [2.24, 2.45) is 0 Å². The largest absolute Gasteiger partial charge is 0.495 e. The Bertz CT molecular complexity index is 1320. The SMILES string of the molecule is O=C(O)/C=C/O[C@H]1C[SH](c2ccc(Cl)c(Cl)c2)[C@H](CO)[C@H](O)[C@@H]1n1cc(-c2cc(F)c(F)c(F)c2)nn1. The number of hydrogen-bond acceptors (Lipinski definition) is 6. The first-order valence-corrected chi connectivity index (χ1v) is 13.1. The summed E-state index contributed by atoms with van der Waals surface area (Å²) in [6, 6.07) is 5.50. The van der Waals surface area contributed by atoms with E-state index >= 15 is 0 Å². The van der Waals surface area contributed by atoms with Crippen molar-refractivity contribution < 1.29 is 38.0 Å². The number of thiol groups is 1. The third-order valence-electron chi connectivity index (χ3n) is 5.88. The van der Waals surface area contributed by atoms with E-state index in [4.69, 9.17) is 33.0 Å². The normalized spacial score (nSPS) is 24.9. The lowest BCUT2D eigenvalue weighted by Crippen LogP contribution is -2.50. The third-order valence-corrected chi connectivity index (χ3v) is 9.59. The second-order valence-corrected chi connectivity index (χ2v) is 11.4. The number of ether oxygens (including phenoxy) is 1. The number of carbonyl (C=O) groups is 1. The van der Waals surface area contributed by atoms with E-state index in [0.29, 0.717) is 5.02 Å². The van der Waals surface area contributed by atoms with Gasteiger partial charge in [0.25, 0.3) is 0 Å². The lowest BCUT2D eigenvalue weighted by molar-refractivity contribution is -0.131. The number of aliphatic hydroxyl groups excluding tert-OH is 2. The molecular weight excluding hydrogens is 558 g/mol. The fourth-order valence-corrected chi connectivity index (χ4v) is 7.37. The molecule has 0 bridgehead atoms. The zero-order valence-electron chi connectivity index (χ0n) is 18.7. The number of aliphatic carboxylic acids is 1. The molecule has 0 spiro atoms. The molecule has 2 heterocycles. The zero-order valence-corrected chi connectivity index (χ0v) is 21.1. The second-order valence-electron chi connectivity index (χ2n) is 8.14. The van der Waals surface area contributed by atoms with Gasteiger partial charge in [0, 0.05) is 16.6 Å². The van der Waals surface area contributed by atoms with Crippen LogP contribution in [-0.2, 0) is 9.53 Å². The van der Waals surface area contributed by atoms with Gasteiger partial charge in [-0.3, -0.25) is 0 Å². The molecule has 37 heavy (non-hydrogen) atoms. The van der Waals surface area contributed by atoms with Gasteiger partial charge in [0.1, 0.15) is 17.8 Å². The predicted octanol–water partition coefficient (Wildman–Crippen LogP) is 3.99. The predicted molar refractivity (Wildman–Crippen MR) is 131 cm³/mol. The second kappa shape index (κ2) is 11.3. The van der Waals surface area contributed by atoms with Crippen LogP contribution in [0.5, 0.6) is 0 Å². The molecule has 5 atom stereocenters. The molecule has 3 N–H and O–H groups in total. The van der Waals surface area contributed by atoms with Gasteiger partial charge in [-0.25, -0.2) is 33.5 Å². The summed E-state index contributed by atoms with van der Waals surface area (Å²) in [6.07, 6.45) is 0.916. The number of aromatic nitrogens is 3. The average Bonchev–Trinajstić information content (AvgIpc) is 3.33. The minimum atomic E-state index is -1.63. The van der Waals surface area contributed by atoms with E-state index in [9.17, 15) is 28.2 Å². The lowest BCUT2D eigenvalue weighted by Gasteiger charge is -2.46. The highest BCUT2D eigenvalue weighted by molar-refractivity contribution is 8.17. The highest BCUT2D eigenvalue weighted by Gasteiger charge is 2.45. The Balaban J connectivity index is 1.72. The Morgan fingerprint density at radius 3 is 2.51 bits per heavy atom. The molecule has 8 nitrogen and oxygen atoms in total. The summed E-state index contributed by atoms with van der Waals surface area (Å²) in [5.74, 6) is -5.45. The zero-order chi connectivity index (χ0) is 26.9. The van der Waals surface area contributed by atoms with Gasteiger partial charge in [0.05, 0.1) is 41.3 Å². The minimum absolute atomic E-state index is 0.0114. The first-order chi connectivity index (χ1) is 17.6. The van der Waals surface area contributed by atoms with Crippen LogP contribution >= 0.6 is 34.1 Å². The Morgan fingerprint density at radius 1 is 1.19 bits per heavy atom.